The van der Waals surface area contributed by atoms with E-state index in [0.29, 0.717) is 24.2 Å². The van der Waals surface area contributed by atoms with Crippen LogP contribution in [-0.2, 0) is 9.53 Å². The van der Waals surface area contributed by atoms with E-state index in [1.165, 1.54) is 12.8 Å². The molecule has 1 aliphatic rings. The first-order valence-corrected chi connectivity index (χ1v) is 8.92. The van der Waals surface area contributed by atoms with Crippen LogP contribution in [-0.4, -0.2) is 87.2 Å². The zero-order valence-corrected chi connectivity index (χ0v) is 14.6. The van der Waals surface area contributed by atoms with Gasteiger partial charge < -0.3 is 19.9 Å². The molecule has 1 amide bonds. The Morgan fingerprint density at radius 1 is 1.24 bits per heavy atom. The largest absolute Gasteiger partial charge is 0.383 e. The molecular formula is C15H31N3O2S. The highest BCUT2D eigenvalue weighted by Gasteiger charge is 2.18. The molecule has 1 aliphatic heterocycles. The lowest BCUT2D eigenvalue weighted by Gasteiger charge is -2.26. The van der Waals surface area contributed by atoms with Crippen molar-refractivity contribution in [3.63, 3.8) is 0 Å². The van der Waals surface area contributed by atoms with Gasteiger partial charge in [-0.15, -0.1) is 11.8 Å². The minimum absolute atomic E-state index is 0.259. The van der Waals surface area contributed by atoms with Gasteiger partial charge in [-0.25, -0.2) is 0 Å². The second-order valence-electron chi connectivity index (χ2n) is 5.79. The molecule has 0 unspecified atom stereocenters. The highest BCUT2D eigenvalue weighted by atomic mass is 32.2. The van der Waals surface area contributed by atoms with Crippen molar-refractivity contribution in [1.82, 2.24) is 15.1 Å². The SMILES string of the molecule is COCCN(CCCN(C)C)C(=O)CSC1CCNCC1. The smallest absolute Gasteiger partial charge is 0.232 e. The number of carbonyl (C=O) groups is 1. The standard InChI is InChI=1S/C15H31N3O2S/c1-17(2)9-4-10-18(11-12-20-3)15(19)13-21-14-5-7-16-8-6-14/h14,16H,4-13H2,1-3H3. The maximum Gasteiger partial charge on any atom is 0.232 e. The van der Waals surface area contributed by atoms with Gasteiger partial charge in [0, 0.05) is 25.4 Å². The fourth-order valence-corrected chi connectivity index (χ4v) is 3.51. The summed E-state index contributed by atoms with van der Waals surface area (Å²) in [5, 5.41) is 4.00. The summed E-state index contributed by atoms with van der Waals surface area (Å²) in [6, 6.07) is 0. The Balaban J connectivity index is 2.30. The third-order valence-corrected chi connectivity index (χ3v) is 5.04. The van der Waals surface area contributed by atoms with Crippen LogP contribution in [0.1, 0.15) is 19.3 Å². The summed E-state index contributed by atoms with van der Waals surface area (Å²) in [5.41, 5.74) is 0. The number of thioether (sulfide) groups is 1. The summed E-state index contributed by atoms with van der Waals surface area (Å²) < 4.78 is 5.13. The van der Waals surface area contributed by atoms with Crippen LogP contribution in [0.2, 0.25) is 0 Å². The van der Waals surface area contributed by atoms with Gasteiger partial charge in [-0.1, -0.05) is 0 Å². The maximum absolute atomic E-state index is 12.4. The van der Waals surface area contributed by atoms with Crippen LogP contribution in [0.25, 0.3) is 0 Å². The molecule has 0 aromatic heterocycles. The monoisotopic (exact) mass is 317 g/mol. The topological polar surface area (TPSA) is 44.8 Å². The van der Waals surface area contributed by atoms with E-state index in [0.717, 1.165) is 32.6 Å². The lowest BCUT2D eigenvalue weighted by molar-refractivity contribution is -0.129. The van der Waals surface area contributed by atoms with E-state index in [4.69, 9.17) is 4.74 Å². The molecular weight excluding hydrogens is 286 g/mol. The number of methoxy groups -OCH3 is 1. The van der Waals surface area contributed by atoms with Gasteiger partial charge in [-0.3, -0.25) is 4.79 Å². The lowest BCUT2D eigenvalue weighted by Crippen LogP contribution is -2.38. The van der Waals surface area contributed by atoms with Crippen molar-refractivity contribution in [2.24, 2.45) is 0 Å². The molecule has 6 heteroatoms. The number of hydrogen-bond acceptors (Lipinski definition) is 5. The van der Waals surface area contributed by atoms with Crippen molar-refractivity contribution in [2.75, 3.05) is 66.3 Å². The van der Waals surface area contributed by atoms with Crippen LogP contribution in [0.15, 0.2) is 0 Å². The van der Waals surface area contributed by atoms with Gasteiger partial charge in [-0.05, 0) is 53.0 Å². The zero-order chi connectivity index (χ0) is 15.5. The van der Waals surface area contributed by atoms with Crippen LogP contribution in [0.4, 0.5) is 0 Å². The predicted molar refractivity (Wildman–Crippen MR) is 90.0 cm³/mol. The molecule has 1 heterocycles. The van der Waals surface area contributed by atoms with E-state index >= 15 is 0 Å². The molecule has 0 bridgehead atoms. The number of nitrogens with one attached hydrogen (secondary N) is 1. The summed E-state index contributed by atoms with van der Waals surface area (Å²) in [6.45, 7) is 5.33. The van der Waals surface area contributed by atoms with Gasteiger partial charge >= 0.3 is 0 Å². The highest BCUT2D eigenvalue weighted by molar-refractivity contribution is 8.00. The van der Waals surface area contributed by atoms with Gasteiger partial charge in [0.25, 0.3) is 0 Å². The first kappa shape index (κ1) is 18.7. The minimum atomic E-state index is 0.259. The van der Waals surface area contributed by atoms with Crippen LogP contribution in [0.3, 0.4) is 0 Å². The summed E-state index contributed by atoms with van der Waals surface area (Å²) in [4.78, 5) is 16.5. The first-order valence-electron chi connectivity index (χ1n) is 7.87. The van der Waals surface area contributed by atoms with E-state index in [9.17, 15) is 4.79 Å². The van der Waals surface area contributed by atoms with Crippen molar-refractivity contribution in [2.45, 2.75) is 24.5 Å². The molecule has 0 aromatic carbocycles. The Kier molecular flexibility index (Phi) is 10.1. The molecule has 0 atom stereocenters. The number of amides is 1. The molecule has 124 valence electrons. The fraction of sp³-hybridized carbons (Fsp3) is 0.933. The maximum atomic E-state index is 12.4. The number of carbonyl (C=O) groups excluding carboxylic acids is 1. The molecule has 1 N–H and O–H groups in total. The molecule has 1 rings (SSSR count). The quantitative estimate of drug-likeness (QED) is 0.648. The number of hydrogen-bond donors (Lipinski definition) is 1. The average molecular weight is 317 g/mol. The van der Waals surface area contributed by atoms with Gasteiger partial charge in [0.1, 0.15) is 0 Å². The molecule has 0 saturated carbocycles. The lowest BCUT2D eigenvalue weighted by atomic mass is 10.2. The van der Waals surface area contributed by atoms with Crippen molar-refractivity contribution in [3.05, 3.63) is 0 Å². The molecule has 21 heavy (non-hydrogen) atoms. The minimum Gasteiger partial charge on any atom is -0.383 e. The van der Waals surface area contributed by atoms with Crippen molar-refractivity contribution in [1.29, 1.82) is 0 Å². The Labute approximate surface area is 133 Å². The van der Waals surface area contributed by atoms with E-state index < -0.39 is 0 Å². The predicted octanol–water partition coefficient (Wildman–Crippen LogP) is 0.898. The summed E-state index contributed by atoms with van der Waals surface area (Å²) in [5.74, 6) is 0.866. The number of nitrogens with zero attached hydrogens (tertiary/aromatic N) is 2. The first-order chi connectivity index (χ1) is 10.1. The average Bonchev–Trinajstić information content (AvgIpc) is 2.49. The Morgan fingerprint density at radius 3 is 2.57 bits per heavy atom. The Hall–Kier alpha value is -0.300. The van der Waals surface area contributed by atoms with Crippen molar-refractivity contribution < 1.29 is 9.53 Å². The van der Waals surface area contributed by atoms with E-state index in [1.54, 1.807) is 7.11 Å². The van der Waals surface area contributed by atoms with Crippen molar-refractivity contribution in [3.8, 4) is 0 Å². The zero-order valence-electron chi connectivity index (χ0n) is 13.8. The molecule has 0 radical (unpaired) electrons. The van der Waals surface area contributed by atoms with E-state index in [1.807, 2.05) is 16.7 Å². The summed E-state index contributed by atoms with van der Waals surface area (Å²) in [7, 11) is 5.81. The summed E-state index contributed by atoms with van der Waals surface area (Å²) >= 11 is 1.82. The van der Waals surface area contributed by atoms with Crippen LogP contribution in [0, 0.1) is 0 Å². The van der Waals surface area contributed by atoms with E-state index in [2.05, 4.69) is 24.3 Å². The second-order valence-corrected chi connectivity index (χ2v) is 7.08. The second kappa shape index (κ2) is 11.3. The van der Waals surface area contributed by atoms with Crippen LogP contribution in [0.5, 0.6) is 0 Å². The Bertz CT molecular complexity index is 284. The highest BCUT2D eigenvalue weighted by Crippen LogP contribution is 2.20. The van der Waals surface area contributed by atoms with Gasteiger partial charge in [-0.2, -0.15) is 0 Å². The molecule has 5 nitrogen and oxygen atoms in total. The third kappa shape index (κ3) is 8.66. The van der Waals surface area contributed by atoms with E-state index in [-0.39, 0.29) is 5.91 Å². The molecule has 0 aliphatic carbocycles. The molecule has 1 fully saturated rings. The van der Waals surface area contributed by atoms with Crippen LogP contribution >= 0.6 is 11.8 Å². The molecule has 0 aromatic rings. The number of rotatable bonds is 10. The van der Waals surface area contributed by atoms with Crippen molar-refractivity contribution >= 4 is 17.7 Å². The third-order valence-electron chi connectivity index (χ3n) is 3.68. The summed E-state index contributed by atoms with van der Waals surface area (Å²) in [6.07, 6.45) is 3.37. The number of ether oxygens (including phenoxy) is 1. The van der Waals surface area contributed by atoms with Gasteiger partial charge in [0.2, 0.25) is 5.91 Å². The Morgan fingerprint density at radius 2 is 1.95 bits per heavy atom. The van der Waals surface area contributed by atoms with Gasteiger partial charge in [0.15, 0.2) is 0 Å². The molecule has 0 spiro atoms. The van der Waals surface area contributed by atoms with Gasteiger partial charge in [0.05, 0.1) is 12.4 Å². The normalized spacial score (nSPS) is 16.4. The number of piperidine rings is 1. The van der Waals surface area contributed by atoms with Crippen LogP contribution < -0.4 is 5.32 Å². The fourth-order valence-electron chi connectivity index (χ4n) is 2.38. The molecule has 1 saturated heterocycles.